The summed E-state index contributed by atoms with van der Waals surface area (Å²) in [5, 5.41) is 2.39. The molecule has 0 aliphatic heterocycles. The van der Waals surface area contributed by atoms with Crippen molar-refractivity contribution in [1.29, 1.82) is 0 Å². The van der Waals surface area contributed by atoms with Crippen molar-refractivity contribution in [3.63, 3.8) is 0 Å². The summed E-state index contributed by atoms with van der Waals surface area (Å²) in [6, 6.07) is 75.1. The highest BCUT2D eigenvalue weighted by Crippen LogP contribution is 2.39. The minimum Gasteiger partial charge on any atom is -0.309 e. The standard InChI is InChI=1S/C52H35N3/c1-6-16-36(17-7-1)47-32-42(33-48(53-47)37-18-8-2-9-19-37)40-26-28-51-45(30-40)46-31-41(27-29-52(46)55(51)44-24-14-5-15-25-44)43-34-49(38-20-10-3-11-21-38)54-50(35-43)39-22-12-4-13-23-39/h1-35H. The molecule has 0 saturated carbocycles. The van der Waals surface area contributed by atoms with Gasteiger partial charge in [0.25, 0.3) is 0 Å². The predicted molar refractivity (Wildman–Crippen MR) is 229 cm³/mol. The molecule has 0 saturated heterocycles. The first kappa shape index (κ1) is 32.3. The molecule has 0 N–H and O–H groups in total. The summed E-state index contributed by atoms with van der Waals surface area (Å²) in [6.45, 7) is 0. The summed E-state index contributed by atoms with van der Waals surface area (Å²) >= 11 is 0. The van der Waals surface area contributed by atoms with Gasteiger partial charge in [0, 0.05) is 38.7 Å². The molecule has 3 nitrogen and oxygen atoms in total. The van der Waals surface area contributed by atoms with E-state index in [-0.39, 0.29) is 0 Å². The molecule has 10 rings (SSSR count). The van der Waals surface area contributed by atoms with Crippen LogP contribution in [0.15, 0.2) is 212 Å². The Bertz CT molecular complexity index is 2640. The lowest BCUT2D eigenvalue weighted by atomic mass is 9.97. The van der Waals surface area contributed by atoms with Gasteiger partial charge in [-0.1, -0.05) is 152 Å². The number of aromatic nitrogens is 3. The number of hydrogen-bond acceptors (Lipinski definition) is 2. The van der Waals surface area contributed by atoms with Crippen molar-refractivity contribution in [2.45, 2.75) is 0 Å². The summed E-state index contributed by atoms with van der Waals surface area (Å²) in [6.07, 6.45) is 0. The van der Waals surface area contributed by atoms with Crippen LogP contribution in [-0.2, 0) is 0 Å². The van der Waals surface area contributed by atoms with Crippen molar-refractivity contribution in [3.8, 4) is 73.0 Å². The second kappa shape index (κ2) is 13.9. The van der Waals surface area contributed by atoms with Gasteiger partial charge in [-0.25, -0.2) is 9.97 Å². The van der Waals surface area contributed by atoms with Gasteiger partial charge in [-0.3, -0.25) is 0 Å². The third-order valence-electron chi connectivity index (χ3n) is 10.4. The number of nitrogens with zero attached hydrogens (tertiary/aromatic N) is 3. The molecule has 10 aromatic rings. The van der Waals surface area contributed by atoms with E-state index in [1.165, 1.54) is 10.8 Å². The summed E-state index contributed by atoms with van der Waals surface area (Å²) < 4.78 is 2.38. The van der Waals surface area contributed by atoms with Crippen LogP contribution in [0.1, 0.15) is 0 Å². The highest BCUT2D eigenvalue weighted by atomic mass is 15.0. The highest BCUT2D eigenvalue weighted by molar-refractivity contribution is 6.11. The molecule has 0 aliphatic carbocycles. The quantitative estimate of drug-likeness (QED) is 0.166. The molecule has 0 unspecified atom stereocenters. The molecular weight excluding hydrogens is 667 g/mol. The Labute approximate surface area is 320 Å². The van der Waals surface area contributed by atoms with Gasteiger partial charge >= 0.3 is 0 Å². The molecule has 0 bridgehead atoms. The number of fused-ring (bicyclic) bond motifs is 3. The maximum Gasteiger partial charge on any atom is 0.0715 e. The molecule has 55 heavy (non-hydrogen) atoms. The summed E-state index contributed by atoms with van der Waals surface area (Å²) in [4.78, 5) is 10.3. The zero-order valence-electron chi connectivity index (χ0n) is 30.0. The Morgan fingerprint density at radius 1 is 0.255 bits per heavy atom. The van der Waals surface area contributed by atoms with E-state index < -0.39 is 0 Å². The smallest absolute Gasteiger partial charge is 0.0715 e. The molecule has 3 aromatic heterocycles. The van der Waals surface area contributed by atoms with E-state index in [0.717, 1.165) is 84.0 Å². The average Bonchev–Trinajstić information content (AvgIpc) is 3.60. The molecule has 7 aromatic carbocycles. The number of para-hydroxylation sites is 1. The number of rotatable bonds is 7. The van der Waals surface area contributed by atoms with Crippen molar-refractivity contribution in [1.82, 2.24) is 14.5 Å². The fraction of sp³-hybridized carbons (Fsp3) is 0. The van der Waals surface area contributed by atoms with E-state index in [2.05, 4.69) is 193 Å². The molecular formula is C52H35N3. The third-order valence-corrected chi connectivity index (χ3v) is 10.4. The van der Waals surface area contributed by atoms with Gasteiger partial charge < -0.3 is 4.57 Å². The maximum absolute atomic E-state index is 5.15. The zero-order chi connectivity index (χ0) is 36.6. The SMILES string of the molecule is c1ccc(-c2cc(-c3ccc4c(c3)c3cc(-c5cc(-c6ccccc6)nc(-c6ccccc6)c5)ccc3n4-c3ccccc3)cc(-c3ccccc3)n2)cc1. The molecule has 258 valence electrons. The first-order valence-corrected chi connectivity index (χ1v) is 18.7. The second-order valence-corrected chi connectivity index (χ2v) is 13.9. The molecule has 3 heterocycles. The molecule has 0 spiro atoms. The van der Waals surface area contributed by atoms with Crippen molar-refractivity contribution in [2.24, 2.45) is 0 Å². The molecule has 0 fully saturated rings. The fourth-order valence-electron chi connectivity index (χ4n) is 7.66. The van der Waals surface area contributed by atoms with Crippen molar-refractivity contribution in [3.05, 3.63) is 212 Å². The Kier molecular flexibility index (Phi) is 8.16. The first-order chi connectivity index (χ1) is 27.2. The highest BCUT2D eigenvalue weighted by Gasteiger charge is 2.17. The number of hydrogen-bond donors (Lipinski definition) is 0. The minimum absolute atomic E-state index is 0.951. The average molecular weight is 702 g/mol. The van der Waals surface area contributed by atoms with Gasteiger partial charge in [0.1, 0.15) is 0 Å². The van der Waals surface area contributed by atoms with E-state index in [1.54, 1.807) is 0 Å². The topological polar surface area (TPSA) is 30.7 Å². The van der Waals surface area contributed by atoms with Gasteiger partial charge in [0.05, 0.1) is 33.8 Å². The van der Waals surface area contributed by atoms with Gasteiger partial charge in [-0.15, -0.1) is 0 Å². The largest absolute Gasteiger partial charge is 0.309 e. The molecule has 0 radical (unpaired) electrons. The molecule has 0 amide bonds. The summed E-state index contributed by atoms with van der Waals surface area (Å²) in [7, 11) is 0. The van der Waals surface area contributed by atoms with Crippen LogP contribution in [0, 0.1) is 0 Å². The van der Waals surface area contributed by atoms with Gasteiger partial charge in [-0.05, 0) is 82.9 Å². The van der Waals surface area contributed by atoms with Gasteiger partial charge in [0.2, 0.25) is 0 Å². The lowest BCUT2D eigenvalue weighted by Gasteiger charge is -2.11. The van der Waals surface area contributed by atoms with Crippen LogP contribution in [0.3, 0.4) is 0 Å². The Morgan fingerprint density at radius 2 is 0.564 bits per heavy atom. The maximum atomic E-state index is 5.15. The van der Waals surface area contributed by atoms with E-state index in [4.69, 9.17) is 9.97 Å². The molecule has 0 aliphatic rings. The van der Waals surface area contributed by atoms with Crippen LogP contribution < -0.4 is 0 Å². The third kappa shape index (κ3) is 6.18. The predicted octanol–water partition coefficient (Wildman–Crippen LogP) is 13.6. The van der Waals surface area contributed by atoms with Crippen LogP contribution in [0.5, 0.6) is 0 Å². The van der Waals surface area contributed by atoms with Gasteiger partial charge in [-0.2, -0.15) is 0 Å². The molecule has 3 heteroatoms. The fourth-order valence-corrected chi connectivity index (χ4v) is 7.66. The monoisotopic (exact) mass is 701 g/mol. The summed E-state index contributed by atoms with van der Waals surface area (Å²) in [5.74, 6) is 0. The minimum atomic E-state index is 0.951. The van der Waals surface area contributed by atoms with Crippen LogP contribution in [0.2, 0.25) is 0 Å². The zero-order valence-corrected chi connectivity index (χ0v) is 30.0. The number of benzene rings is 7. The van der Waals surface area contributed by atoms with Crippen molar-refractivity contribution < 1.29 is 0 Å². The number of pyridine rings is 2. The van der Waals surface area contributed by atoms with Crippen LogP contribution >= 0.6 is 0 Å². The Hall–Kier alpha value is -7.36. The van der Waals surface area contributed by atoms with E-state index >= 15 is 0 Å². The Balaban J connectivity index is 1.19. The lowest BCUT2D eigenvalue weighted by Crippen LogP contribution is -1.94. The van der Waals surface area contributed by atoms with E-state index in [1.807, 2.05) is 24.3 Å². The normalized spacial score (nSPS) is 11.3. The van der Waals surface area contributed by atoms with Crippen LogP contribution in [-0.4, -0.2) is 14.5 Å². The van der Waals surface area contributed by atoms with Gasteiger partial charge in [0.15, 0.2) is 0 Å². The first-order valence-electron chi connectivity index (χ1n) is 18.7. The lowest BCUT2D eigenvalue weighted by molar-refractivity contribution is 1.18. The summed E-state index contributed by atoms with van der Waals surface area (Å²) in [5.41, 5.74) is 16.2. The Morgan fingerprint density at radius 3 is 0.891 bits per heavy atom. The van der Waals surface area contributed by atoms with Crippen molar-refractivity contribution in [2.75, 3.05) is 0 Å². The second-order valence-electron chi connectivity index (χ2n) is 13.9. The van der Waals surface area contributed by atoms with E-state index in [0.29, 0.717) is 0 Å². The van der Waals surface area contributed by atoms with Crippen LogP contribution in [0.4, 0.5) is 0 Å². The van der Waals surface area contributed by atoms with Crippen molar-refractivity contribution >= 4 is 21.8 Å². The van der Waals surface area contributed by atoms with E-state index in [9.17, 15) is 0 Å². The van der Waals surface area contributed by atoms with Crippen LogP contribution in [0.25, 0.3) is 94.8 Å². The molecule has 0 atom stereocenters.